The van der Waals surface area contributed by atoms with E-state index >= 15 is 0 Å². The van der Waals surface area contributed by atoms with Crippen LogP contribution < -0.4 is 4.74 Å². The van der Waals surface area contributed by atoms with Crippen molar-refractivity contribution in [3.05, 3.63) is 35.3 Å². The summed E-state index contributed by atoms with van der Waals surface area (Å²) in [6, 6.07) is 6.65. The van der Waals surface area contributed by atoms with Crippen molar-refractivity contribution in [2.24, 2.45) is 0 Å². The normalized spacial score (nSPS) is 10.1. The van der Waals surface area contributed by atoms with E-state index in [9.17, 15) is 5.11 Å². The Hall–Kier alpha value is -1.55. The zero-order chi connectivity index (χ0) is 9.97. The first kappa shape index (κ1) is 9.02. The van der Waals surface area contributed by atoms with E-state index in [1.807, 2.05) is 12.3 Å². The second-order valence-corrected chi connectivity index (χ2v) is 3.67. The molecule has 0 saturated carbocycles. The van der Waals surface area contributed by atoms with Crippen molar-refractivity contribution in [2.75, 3.05) is 0 Å². The van der Waals surface area contributed by atoms with Crippen LogP contribution in [0.4, 0.5) is 0 Å². The maximum atomic E-state index is 9.20. The summed E-state index contributed by atoms with van der Waals surface area (Å²) in [7, 11) is 0. The Labute approximate surface area is 85.6 Å². The van der Waals surface area contributed by atoms with Crippen LogP contribution in [0.15, 0.2) is 29.6 Å². The minimum Gasteiger partial charge on any atom is -0.508 e. The molecule has 1 aromatic carbocycles. The molecule has 72 valence electrons. The topological polar surface area (TPSA) is 42.4 Å². The summed E-state index contributed by atoms with van der Waals surface area (Å²) < 4.78 is 5.43. The molecule has 0 aliphatic carbocycles. The second-order valence-electron chi connectivity index (χ2n) is 2.85. The van der Waals surface area contributed by atoms with Gasteiger partial charge in [0.05, 0.1) is 5.69 Å². The van der Waals surface area contributed by atoms with Gasteiger partial charge in [-0.15, -0.1) is 0 Å². The molecule has 14 heavy (non-hydrogen) atoms. The third kappa shape index (κ3) is 2.03. The Bertz CT molecular complexity index is 439. The van der Waals surface area contributed by atoms with Gasteiger partial charge in [0.2, 0.25) is 0 Å². The molecule has 4 heteroatoms. The molecule has 3 nitrogen and oxygen atoms in total. The molecule has 2 rings (SSSR count). The lowest BCUT2D eigenvalue weighted by molar-refractivity contribution is 0.453. The van der Waals surface area contributed by atoms with Crippen LogP contribution in [-0.2, 0) is 0 Å². The van der Waals surface area contributed by atoms with Crippen LogP contribution in [0.3, 0.4) is 0 Å². The summed E-state index contributed by atoms with van der Waals surface area (Å²) in [4.78, 5) is 4.15. The third-order valence-corrected chi connectivity index (χ3v) is 2.46. The number of phenolic OH excluding ortho intramolecular Hbond substituents is 1. The van der Waals surface area contributed by atoms with Gasteiger partial charge < -0.3 is 9.84 Å². The first-order chi connectivity index (χ1) is 6.74. The predicted molar refractivity (Wildman–Crippen MR) is 55.0 cm³/mol. The van der Waals surface area contributed by atoms with E-state index in [0.29, 0.717) is 10.9 Å². The highest BCUT2D eigenvalue weighted by molar-refractivity contribution is 7.11. The molecule has 1 heterocycles. The van der Waals surface area contributed by atoms with Crippen molar-refractivity contribution >= 4 is 11.3 Å². The van der Waals surface area contributed by atoms with Crippen LogP contribution in [0.5, 0.6) is 16.7 Å². The van der Waals surface area contributed by atoms with Crippen molar-refractivity contribution in [2.45, 2.75) is 6.92 Å². The number of hydrogen-bond donors (Lipinski definition) is 1. The predicted octanol–water partition coefficient (Wildman–Crippen LogP) is 2.95. The molecule has 1 aromatic heterocycles. The SMILES string of the molecule is Cc1csc(Oc2cccc(O)c2)n1. The number of aromatic hydroxyl groups is 1. The molecule has 2 aromatic rings. The second kappa shape index (κ2) is 3.67. The maximum Gasteiger partial charge on any atom is 0.278 e. The number of hydrogen-bond acceptors (Lipinski definition) is 4. The Balaban J connectivity index is 2.18. The smallest absolute Gasteiger partial charge is 0.278 e. The Morgan fingerprint density at radius 3 is 2.93 bits per heavy atom. The van der Waals surface area contributed by atoms with Gasteiger partial charge in [-0.2, -0.15) is 0 Å². The minimum atomic E-state index is 0.191. The first-order valence-corrected chi connectivity index (χ1v) is 5.01. The van der Waals surface area contributed by atoms with Crippen LogP contribution in [0, 0.1) is 6.92 Å². The molecule has 0 unspecified atom stereocenters. The lowest BCUT2D eigenvalue weighted by atomic mass is 10.3. The van der Waals surface area contributed by atoms with Gasteiger partial charge in [-0.25, -0.2) is 4.98 Å². The summed E-state index contributed by atoms with van der Waals surface area (Å²) in [5.41, 5.74) is 0.935. The molecule has 0 aliphatic heterocycles. The number of aromatic nitrogens is 1. The van der Waals surface area contributed by atoms with Gasteiger partial charge in [-0.3, -0.25) is 0 Å². The van der Waals surface area contributed by atoms with Crippen molar-refractivity contribution in [1.82, 2.24) is 4.98 Å². The van der Waals surface area contributed by atoms with Crippen molar-refractivity contribution in [3.8, 4) is 16.7 Å². The van der Waals surface area contributed by atoms with Crippen LogP contribution in [-0.4, -0.2) is 10.1 Å². The van der Waals surface area contributed by atoms with E-state index in [2.05, 4.69) is 4.98 Å². The molecule has 0 spiro atoms. The lowest BCUT2D eigenvalue weighted by Gasteiger charge is -2.00. The van der Waals surface area contributed by atoms with Crippen LogP contribution in [0.25, 0.3) is 0 Å². The molecule has 0 fully saturated rings. The van der Waals surface area contributed by atoms with E-state index in [0.717, 1.165) is 5.69 Å². The summed E-state index contributed by atoms with van der Waals surface area (Å²) in [6.07, 6.45) is 0. The van der Waals surface area contributed by atoms with Crippen LogP contribution in [0.1, 0.15) is 5.69 Å². The van der Waals surface area contributed by atoms with E-state index in [-0.39, 0.29) is 5.75 Å². The van der Waals surface area contributed by atoms with Gasteiger partial charge >= 0.3 is 0 Å². The van der Waals surface area contributed by atoms with Gasteiger partial charge in [0.25, 0.3) is 5.19 Å². The van der Waals surface area contributed by atoms with E-state index < -0.39 is 0 Å². The molecule has 0 atom stereocenters. The number of nitrogens with zero attached hydrogens (tertiary/aromatic N) is 1. The highest BCUT2D eigenvalue weighted by Gasteiger charge is 2.01. The molecule has 1 N–H and O–H groups in total. The van der Waals surface area contributed by atoms with Gasteiger partial charge in [0, 0.05) is 11.4 Å². The molecule has 0 amide bonds. The average molecular weight is 207 g/mol. The molecule has 0 bridgehead atoms. The van der Waals surface area contributed by atoms with E-state index in [4.69, 9.17) is 4.74 Å². The van der Waals surface area contributed by atoms with Crippen LogP contribution in [0.2, 0.25) is 0 Å². The largest absolute Gasteiger partial charge is 0.508 e. The molecule has 0 radical (unpaired) electrons. The van der Waals surface area contributed by atoms with Gasteiger partial charge in [0.1, 0.15) is 11.5 Å². The highest BCUT2D eigenvalue weighted by Crippen LogP contribution is 2.26. The summed E-state index contributed by atoms with van der Waals surface area (Å²) >= 11 is 1.44. The number of thiazole rings is 1. The Morgan fingerprint density at radius 1 is 1.43 bits per heavy atom. The quantitative estimate of drug-likeness (QED) is 0.823. The summed E-state index contributed by atoms with van der Waals surface area (Å²) in [5, 5.41) is 11.7. The zero-order valence-electron chi connectivity index (χ0n) is 7.60. The van der Waals surface area contributed by atoms with Gasteiger partial charge in [0.15, 0.2) is 0 Å². The monoisotopic (exact) mass is 207 g/mol. The molecular formula is C10H9NO2S. The van der Waals surface area contributed by atoms with Crippen molar-refractivity contribution in [3.63, 3.8) is 0 Å². The molecule has 0 aliphatic rings. The Morgan fingerprint density at radius 2 is 2.29 bits per heavy atom. The molecular weight excluding hydrogens is 198 g/mol. The number of aryl methyl sites for hydroxylation is 1. The number of ether oxygens (including phenoxy) is 1. The number of rotatable bonds is 2. The fourth-order valence-electron chi connectivity index (χ4n) is 1.03. The Kier molecular flexibility index (Phi) is 2.37. The molecule has 0 saturated heterocycles. The van der Waals surface area contributed by atoms with Crippen LogP contribution >= 0.6 is 11.3 Å². The first-order valence-electron chi connectivity index (χ1n) is 4.13. The summed E-state index contributed by atoms with van der Waals surface area (Å²) in [5.74, 6) is 0.787. The standard InChI is InChI=1S/C10H9NO2S/c1-7-6-14-10(11-7)13-9-4-2-3-8(12)5-9/h2-6,12H,1H3. The van der Waals surface area contributed by atoms with E-state index in [1.54, 1.807) is 24.3 Å². The van der Waals surface area contributed by atoms with Gasteiger partial charge in [-0.05, 0) is 19.1 Å². The number of phenols is 1. The lowest BCUT2D eigenvalue weighted by Crippen LogP contribution is -1.82. The van der Waals surface area contributed by atoms with E-state index in [1.165, 1.54) is 11.3 Å². The fraction of sp³-hybridized carbons (Fsp3) is 0.100. The third-order valence-electron chi connectivity index (χ3n) is 1.62. The van der Waals surface area contributed by atoms with Crippen molar-refractivity contribution in [1.29, 1.82) is 0 Å². The fourth-order valence-corrected chi connectivity index (χ4v) is 1.69. The minimum absolute atomic E-state index is 0.191. The number of benzene rings is 1. The zero-order valence-corrected chi connectivity index (χ0v) is 8.41. The summed E-state index contributed by atoms with van der Waals surface area (Å²) in [6.45, 7) is 1.91. The van der Waals surface area contributed by atoms with Gasteiger partial charge in [-0.1, -0.05) is 17.4 Å². The van der Waals surface area contributed by atoms with Crippen molar-refractivity contribution < 1.29 is 9.84 Å². The highest BCUT2D eigenvalue weighted by atomic mass is 32.1. The maximum absolute atomic E-state index is 9.20. The average Bonchev–Trinajstić information content (AvgIpc) is 2.51.